The lowest BCUT2D eigenvalue weighted by Crippen LogP contribution is -2.55. The van der Waals surface area contributed by atoms with Crippen molar-refractivity contribution >= 4 is 23.8 Å². The van der Waals surface area contributed by atoms with Crippen LogP contribution in [0.4, 0.5) is 4.79 Å². The molecule has 0 aromatic rings. The molecule has 5 nitrogen and oxygen atoms in total. The van der Waals surface area contributed by atoms with E-state index in [1.165, 1.54) is 25.7 Å². The third kappa shape index (κ3) is 3.55. The number of urea groups is 1. The van der Waals surface area contributed by atoms with Gasteiger partial charge in [0.2, 0.25) is 0 Å². The average Bonchev–Trinajstić information content (AvgIpc) is 2.79. The minimum atomic E-state index is -0.780. The topological polar surface area (TPSA) is 69.6 Å². The van der Waals surface area contributed by atoms with Crippen LogP contribution in [0.3, 0.4) is 0 Å². The zero-order chi connectivity index (χ0) is 13.9. The van der Waals surface area contributed by atoms with Gasteiger partial charge in [-0.3, -0.25) is 4.79 Å². The van der Waals surface area contributed by atoms with E-state index in [0.717, 1.165) is 6.54 Å². The molecule has 0 atom stereocenters. The second-order valence-corrected chi connectivity index (χ2v) is 6.90. The van der Waals surface area contributed by atoms with Gasteiger partial charge in [0.1, 0.15) is 0 Å². The van der Waals surface area contributed by atoms with Crippen LogP contribution < -0.4 is 5.32 Å². The number of hydrogen-bond acceptors (Lipinski definition) is 3. The highest BCUT2D eigenvalue weighted by Gasteiger charge is 2.36. The molecule has 0 aromatic carbocycles. The smallest absolute Gasteiger partial charge is 0.317 e. The molecule has 2 amide bonds. The van der Waals surface area contributed by atoms with Crippen LogP contribution in [-0.2, 0) is 4.79 Å². The Kier molecular flexibility index (Phi) is 4.60. The van der Waals surface area contributed by atoms with Crippen LogP contribution in [0.15, 0.2) is 0 Å². The number of likely N-dealkylation sites (tertiary alicyclic amines) is 1. The van der Waals surface area contributed by atoms with Crippen molar-refractivity contribution in [1.29, 1.82) is 0 Å². The van der Waals surface area contributed by atoms with Gasteiger partial charge in [-0.25, -0.2) is 4.79 Å². The third-order valence-corrected chi connectivity index (χ3v) is 5.64. The first-order chi connectivity index (χ1) is 9.04. The van der Waals surface area contributed by atoms with Gasteiger partial charge < -0.3 is 15.3 Å². The standard InChI is InChI=1S/C13H22N2O3S/c1-19-13(4-2-3-5-13)9-14-12(18)15-7-10(8-15)6-11(16)17/h10H,2-9H2,1H3,(H,14,18)(H,16,17). The summed E-state index contributed by atoms with van der Waals surface area (Å²) in [6, 6.07) is -0.0398. The molecular formula is C13H22N2O3S. The van der Waals surface area contributed by atoms with Gasteiger partial charge in [0.15, 0.2) is 0 Å². The molecule has 1 saturated carbocycles. The van der Waals surface area contributed by atoms with Gasteiger partial charge in [0.05, 0.1) is 6.42 Å². The molecule has 6 heteroatoms. The highest BCUT2D eigenvalue weighted by molar-refractivity contribution is 8.00. The fraction of sp³-hybridized carbons (Fsp3) is 0.846. The molecule has 1 aliphatic carbocycles. The SMILES string of the molecule is CSC1(CNC(=O)N2CC(CC(=O)O)C2)CCCC1. The van der Waals surface area contributed by atoms with Crippen molar-refractivity contribution in [2.45, 2.75) is 36.9 Å². The van der Waals surface area contributed by atoms with Gasteiger partial charge in [-0.15, -0.1) is 0 Å². The largest absolute Gasteiger partial charge is 0.481 e. The lowest BCUT2D eigenvalue weighted by atomic mass is 9.97. The number of nitrogens with zero attached hydrogens (tertiary/aromatic N) is 1. The summed E-state index contributed by atoms with van der Waals surface area (Å²) in [5.41, 5.74) is 0. The highest BCUT2D eigenvalue weighted by atomic mass is 32.2. The molecule has 0 aromatic heterocycles. The number of carboxylic acids is 1. The van der Waals surface area contributed by atoms with E-state index in [-0.39, 0.29) is 23.1 Å². The molecule has 108 valence electrons. The number of carbonyl (C=O) groups is 2. The van der Waals surface area contributed by atoms with E-state index in [9.17, 15) is 9.59 Å². The second-order valence-electron chi connectivity index (χ2n) is 5.62. The monoisotopic (exact) mass is 286 g/mol. The van der Waals surface area contributed by atoms with Gasteiger partial charge in [0, 0.05) is 30.3 Å². The molecule has 1 saturated heterocycles. The van der Waals surface area contributed by atoms with E-state index in [0.29, 0.717) is 13.1 Å². The third-order valence-electron chi connectivity index (χ3n) is 4.22. The van der Waals surface area contributed by atoms with Crippen LogP contribution in [0.5, 0.6) is 0 Å². The Morgan fingerprint density at radius 3 is 2.53 bits per heavy atom. The summed E-state index contributed by atoms with van der Waals surface area (Å²) in [7, 11) is 0. The van der Waals surface area contributed by atoms with Gasteiger partial charge >= 0.3 is 12.0 Å². The first kappa shape index (κ1) is 14.5. The van der Waals surface area contributed by atoms with E-state index < -0.39 is 5.97 Å². The summed E-state index contributed by atoms with van der Waals surface area (Å²) in [6.07, 6.45) is 7.14. The van der Waals surface area contributed by atoms with E-state index in [1.807, 2.05) is 11.8 Å². The van der Waals surface area contributed by atoms with E-state index in [2.05, 4.69) is 11.6 Å². The van der Waals surface area contributed by atoms with Crippen LogP contribution in [0.2, 0.25) is 0 Å². The summed E-state index contributed by atoms with van der Waals surface area (Å²) in [5, 5.41) is 11.7. The number of carboxylic acid groups (broad SMARTS) is 1. The summed E-state index contributed by atoms with van der Waals surface area (Å²) < 4.78 is 0.223. The van der Waals surface area contributed by atoms with Crippen LogP contribution in [-0.4, -0.2) is 52.6 Å². The van der Waals surface area contributed by atoms with Crippen LogP contribution >= 0.6 is 11.8 Å². The van der Waals surface area contributed by atoms with Crippen molar-refractivity contribution in [2.24, 2.45) is 5.92 Å². The minimum Gasteiger partial charge on any atom is -0.481 e. The maximum Gasteiger partial charge on any atom is 0.317 e. The average molecular weight is 286 g/mol. The van der Waals surface area contributed by atoms with Crippen LogP contribution in [0.1, 0.15) is 32.1 Å². The van der Waals surface area contributed by atoms with Crippen molar-refractivity contribution < 1.29 is 14.7 Å². The molecule has 1 aliphatic heterocycles. The number of thioether (sulfide) groups is 1. The molecule has 2 fully saturated rings. The molecular weight excluding hydrogens is 264 g/mol. The highest BCUT2D eigenvalue weighted by Crippen LogP contribution is 2.39. The van der Waals surface area contributed by atoms with Gasteiger partial charge in [-0.05, 0) is 19.1 Å². The number of rotatable bonds is 5. The van der Waals surface area contributed by atoms with Gasteiger partial charge in [0.25, 0.3) is 0 Å². The summed E-state index contributed by atoms with van der Waals surface area (Å²) in [6.45, 7) is 1.88. The maximum absolute atomic E-state index is 11.9. The quantitative estimate of drug-likeness (QED) is 0.808. The Hall–Kier alpha value is -0.910. The molecule has 0 radical (unpaired) electrons. The summed E-state index contributed by atoms with van der Waals surface area (Å²) in [5.74, 6) is -0.651. The molecule has 0 spiro atoms. The number of nitrogens with one attached hydrogen (secondary N) is 1. The molecule has 19 heavy (non-hydrogen) atoms. The van der Waals surface area contributed by atoms with Gasteiger partial charge in [-0.2, -0.15) is 11.8 Å². The van der Waals surface area contributed by atoms with Gasteiger partial charge in [-0.1, -0.05) is 12.8 Å². The Labute approximate surface area is 118 Å². The lowest BCUT2D eigenvalue weighted by molar-refractivity contribution is -0.139. The molecule has 2 N–H and O–H groups in total. The van der Waals surface area contributed by atoms with Crippen LogP contribution in [0.25, 0.3) is 0 Å². The van der Waals surface area contributed by atoms with Crippen molar-refractivity contribution in [3.05, 3.63) is 0 Å². The number of amides is 2. The van der Waals surface area contributed by atoms with E-state index in [4.69, 9.17) is 5.11 Å². The second kappa shape index (κ2) is 6.03. The van der Waals surface area contributed by atoms with E-state index in [1.54, 1.807) is 4.90 Å². The van der Waals surface area contributed by atoms with Crippen molar-refractivity contribution in [1.82, 2.24) is 10.2 Å². The summed E-state index contributed by atoms with van der Waals surface area (Å²) >= 11 is 1.86. The molecule has 2 rings (SSSR count). The van der Waals surface area contributed by atoms with E-state index >= 15 is 0 Å². The molecule has 1 heterocycles. The Bertz CT molecular complexity index is 350. The van der Waals surface area contributed by atoms with Crippen molar-refractivity contribution in [3.8, 4) is 0 Å². The lowest BCUT2D eigenvalue weighted by Gasteiger charge is -2.39. The maximum atomic E-state index is 11.9. The number of aliphatic carboxylic acids is 1. The minimum absolute atomic E-state index is 0.0398. The summed E-state index contributed by atoms with van der Waals surface area (Å²) in [4.78, 5) is 24.2. The fourth-order valence-corrected chi connectivity index (χ4v) is 3.85. The Balaban J connectivity index is 1.70. The zero-order valence-electron chi connectivity index (χ0n) is 11.4. The zero-order valence-corrected chi connectivity index (χ0v) is 12.2. The Morgan fingerprint density at radius 2 is 2.00 bits per heavy atom. The Morgan fingerprint density at radius 1 is 1.37 bits per heavy atom. The molecule has 0 unspecified atom stereocenters. The van der Waals surface area contributed by atoms with Crippen molar-refractivity contribution in [2.75, 3.05) is 25.9 Å². The molecule has 2 aliphatic rings. The number of carbonyl (C=O) groups excluding carboxylic acids is 1. The molecule has 0 bridgehead atoms. The predicted octanol–water partition coefficient (Wildman–Crippen LogP) is 1.78. The first-order valence-electron chi connectivity index (χ1n) is 6.84. The first-order valence-corrected chi connectivity index (χ1v) is 8.07. The normalized spacial score (nSPS) is 22.1. The predicted molar refractivity (Wildman–Crippen MR) is 75.4 cm³/mol. The fourth-order valence-electron chi connectivity index (χ4n) is 2.93. The van der Waals surface area contributed by atoms with Crippen LogP contribution in [0, 0.1) is 5.92 Å². The number of hydrogen-bond donors (Lipinski definition) is 2. The van der Waals surface area contributed by atoms with Crippen molar-refractivity contribution in [3.63, 3.8) is 0 Å².